The number of rotatable bonds is 3. The molecule has 0 unspecified atom stereocenters. The van der Waals surface area contributed by atoms with Crippen molar-refractivity contribution in [3.8, 4) is 0 Å². The predicted molar refractivity (Wildman–Crippen MR) is 82.7 cm³/mol. The van der Waals surface area contributed by atoms with Crippen LogP contribution in [0.25, 0.3) is 0 Å². The SMILES string of the molecule is O=C1CN(c2cncc(Br)c2)CCN1CC1CCCC1. The van der Waals surface area contributed by atoms with Crippen molar-refractivity contribution in [3.63, 3.8) is 0 Å². The van der Waals surface area contributed by atoms with E-state index in [1.165, 1.54) is 25.7 Å². The van der Waals surface area contributed by atoms with Gasteiger partial charge in [0.2, 0.25) is 5.91 Å². The van der Waals surface area contributed by atoms with Gasteiger partial charge < -0.3 is 9.80 Å². The van der Waals surface area contributed by atoms with Crippen LogP contribution < -0.4 is 4.90 Å². The fourth-order valence-corrected chi connectivity index (χ4v) is 3.55. The van der Waals surface area contributed by atoms with Crippen molar-refractivity contribution in [1.82, 2.24) is 9.88 Å². The molecule has 1 amide bonds. The highest BCUT2D eigenvalue weighted by Crippen LogP contribution is 2.26. The molecular formula is C15H20BrN3O. The van der Waals surface area contributed by atoms with E-state index in [4.69, 9.17) is 0 Å². The number of aromatic nitrogens is 1. The quantitative estimate of drug-likeness (QED) is 0.850. The summed E-state index contributed by atoms with van der Waals surface area (Å²) < 4.78 is 0.954. The minimum atomic E-state index is 0.253. The topological polar surface area (TPSA) is 36.4 Å². The number of carbonyl (C=O) groups excluding carboxylic acids is 1. The summed E-state index contributed by atoms with van der Waals surface area (Å²) in [5.41, 5.74) is 1.02. The number of nitrogens with zero attached hydrogens (tertiary/aromatic N) is 3. The largest absolute Gasteiger partial charge is 0.359 e. The zero-order valence-electron chi connectivity index (χ0n) is 11.6. The second-order valence-electron chi connectivity index (χ2n) is 5.77. The zero-order chi connectivity index (χ0) is 13.9. The molecule has 3 rings (SSSR count). The van der Waals surface area contributed by atoms with E-state index in [1.54, 1.807) is 6.20 Å². The first-order valence-corrected chi connectivity index (χ1v) is 8.15. The van der Waals surface area contributed by atoms with E-state index in [0.717, 1.165) is 35.7 Å². The first kappa shape index (κ1) is 13.9. The van der Waals surface area contributed by atoms with Gasteiger partial charge in [0.1, 0.15) is 0 Å². The number of hydrogen-bond donors (Lipinski definition) is 0. The van der Waals surface area contributed by atoms with Crippen molar-refractivity contribution in [2.24, 2.45) is 5.92 Å². The van der Waals surface area contributed by atoms with Crippen molar-refractivity contribution in [2.75, 3.05) is 31.1 Å². The highest BCUT2D eigenvalue weighted by Gasteiger charge is 2.27. The van der Waals surface area contributed by atoms with E-state index in [1.807, 2.05) is 12.3 Å². The molecule has 1 saturated carbocycles. The first-order valence-electron chi connectivity index (χ1n) is 7.35. The average Bonchev–Trinajstić information content (AvgIpc) is 2.94. The van der Waals surface area contributed by atoms with E-state index in [-0.39, 0.29) is 5.91 Å². The second kappa shape index (κ2) is 6.12. The van der Waals surface area contributed by atoms with E-state index in [0.29, 0.717) is 6.54 Å². The molecular weight excluding hydrogens is 318 g/mol. The number of anilines is 1. The fraction of sp³-hybridized carbons (Fsp3) is 0.600. The monoisotopic (exact) mass is 337 g/mol. The molecule has 0 atom stereocenters. The molecule has 2 fully saturated rings. The number of carbonyl (C=O) groups is 1. The molecule has 1 aromatic heterocycles. The first-order chi connectivity index (χ1) is 9.72. The Balaban J connectivity index is 1.60. The van der Waals surface area contributed by atoms with Crippen LogP contribution in [0.15, 0.2) is 22.9 Å². The van der Waals surface area contributed by atoms with Crippen LogP contribution >= 0.6 is 15.9 Å². The lowest BCUT2D eigenvalue weighted by molar-refractivity contribution is -0.131. The maximum absolute atomic E-state index is 12.3. The zero-order valence-corrected chi connectivity index (χ0v) is 13.2. The molecule has 20 heavy (non-hydrogen) atoms. The molecule has 0 radical (unpaired) electrons. The summed E-state index contributed by atoms with van der Waals surface area (Å²) in [6.07, 6.45) is 8.85. The minimum absolute atomic E-state index is 0.253. The molecule has 0 spiro atoms. The fourth-order valence-electron chi connectivity index (χ4n) is 3.20. The summed E-state index contributed by atoms with van der Waals surface area (Å²) in [6.45, 7) is 3.17. The Bertz CT molecular complexity index is 488. The number of halogens is 1. The van der Waals surface area contributed by atoms with Gasteiger partial charge in [-0.3, -0.25) is 9.78 Å². The molecule has 4 nitrogen and oxygen atoms in total. The third-order valence-corrected chi connectivity index (χ3v) is 4.76. The van der Waals surface area contributed by atoms with Crippen LogP contribution in [0.2, 0.25) is 0 Å². The molecule has 2 heterocycles. The lowest BCUT2D eigenvalue weighted by Crippen LogP contribution is -2.51. The molecule has 108 valence electrons. The van der Waals surface area contributed by atoms with Crippen LogP contribution in [0.5, 0.6) is 0 Å². The normalized spacial score (nSPS) is 20.8. The van der Waals surface area contributed by atoms with Crippen LogP contribution in [-0.4, -0.2) is 42.0 Å². The molecule has 0 bridgehead atoms. The summed E-state index contributed by atoms with van der Waals surface area (Å²) in [4.78, 5) is 20.6. The Labute approximate surface area is 128 Å². The van der Waals surface area contributed by atoms with Crippen molar-refractivity contribution in [3.05, 3.63) is 22.9 Å². The highest BCUT2D eigenvalue weighted by atomic mass is 79.9. The van der Waals surface area contributed by atoms with Crippen molar-refractivity contribution < 1.29 is 4.79 Å². The Kier molecular flexibility index (Phi) is 4.24. The lowest BCUT2D eigenvalue weighted by atomic mass is 10.1. The van der Waals surface area contributed by atoms with E-state index in [2.05, 4.69) is 30.7 Å². The summed E-state index contributed by atoms with van der Waals surface area (Å²) in [5, 5.41) is 0. The Morgan fingerprint density at radius 2 is 2.05 bits per heavy atom. The molecule has 1 aliphatic carbocycles. The highest BCUT2D eigenvalue weighted by molar-refractivity contribution is 9.10. The van der Waals surface area contributed by atoms with Gasteiger partial charge in [-0.1, -0.05) is 12.8 Å². The number of hydrogen-bond acceptors (Lipinski definition) is 3. The van der Waals surface area contributed by atoms with E-state index in [9.17, 15) is 4.79 Å². The Morgan fingerprint density at radius 3 is 2.75 bits per heavy atom. The Hall–Kier alpha value is -1.10. The summed E-state index contributed by atoms with van der Waals surface area (Å²) >= 11 is 3.43. The van der Waals surface area contributed by atoms with Crippen LogP contribution in [0.4, 0.5) is 5.69 Å². The van der Waals surface area contributed by atoms with Crippen molar-refractivity contribution in [1.29, 1.82) is 0 Å². The maximum Gasteiger partial charge on any atom is 0.242 e. The molecule has 0 aromatic carbocycles. The second-order valence-corrected chi connectivity index (χ2v) is 6.69. The van der Waals surface area contributed by atoms with Crippen molar-refractivity contribution in [2.45, 2.75) is 25.7 Å². The number of amides is 1. The van der Waals surface area contributed by atoms with Gasteiger partial charge in [0.05, 0.1) is 18.4 Å². The number of piperazine rings is 1. The number of pyridine rings is 1. The van der Waals surface area contributed by atoms with Gasteiger partial charge in [-0.2, -0.15) is 0 Å². The molecule has 2 aliphatic rings. The van der Waals surface area contributed by atoms with Gasteiger partial charge in [0.25, 0.3) is 0 Å². The van der Waals surface area contributed by atoms with Crippen molar-refractivity contribution >= 4 is 27.5 Å². The third kappa shape index (κ3) is 3.14. The molecule has 1 aliphatic heterocycles. The summed E-state index contributed by atoms with van der Waals surface area (Å²) in [5.74, 6) is 0.987. The van der Waals surface area contributed by atoms with E-state index < -0.39 is 0 Å². The Morgan fingerprint density at radius 1 is 1.25 bits per heavy atom. The summed E-state index contributed by atoms with van der Waals surface area (Å²) in [7, 11) is 0. The van der Waals surface area contributed by atoms with Gasteiger partial charge in [-0.05, 0) is 40.8 Å². The standard InChI is InChI=1S/C15H20BrN3O/c16-13-7-14(9-17-8-13)18-5-6-19(15(20)11-18)10-12-3-1-2-4-12/h7-9,12H,1-6,10-11H2. The van der Waals surface area contributed by atoms with Crippen LogP contribution in [0, 0.1) is 5.92 Å². The van der Waals surface area contributed by atoms with Crippen LogP contribution in [-0.2, 0) is 4.79 Å². The van der Waals surface area contributed by atoms with Crippen LogP contribution in [0.1, 0.15) is 25.7 Å². The molecule has 5 heteroatoms. The third-order valence-electron chi connectivity index (χ3n) is 4.33. The predicted octanol–water partition coefficient (Wildman–Crippen LogP) is 2.68. The molecule has 0 N–H and O–H groups in total. The maximum atomic E-state index is 12.3. The van der Waals surface area contributed by atoms with Gasteiger partial charge >= 0.3 is 0 Å². The van der Waals surface area contributed by atoms with Crippen LogP contribution in [0.3, 0.4) is 0 Å². The van der Waals surface area contributed by atoms with Gasteiger partial charge in [0, 0.05) is 30.3 Å². The smallest absolute Gasteiger partial charge is 0.242 e. The average molecular weight is 338 g/mol. The summed E-state index contributed by atoms with van der Waals surface area (Å²) in [6, 6.07) is 2.02. The molecule has 1 aromatic rings. The van der Waals surface area contributed by atoms with Gasteiger partial charge in [-0.25, -0.2) is 0 Å². The van der Waals surface area contributed by atoms with E-state index >= 15 is 0 Å². The van der Waals surface area contributed by atoms with Gasteiger partial charge in [-0.15, -0.1) is 0 Å². The molecule has 1 saturated heterocycles. The minimum Gasteiger partial charge on any atom is -0.359 e. The van der Waals surface area contributed by atoms with Gasteiger partial charge in [0.15, 0.2) is 0 Å². The lowest BCUT2D eigenvalue weighted by Gasteiger charge is -2.36.